The summed E-state index contributed by atoms with van der Waals surface area (Å²) >= 11 is 0. The molecule has 1 saturated heterocycles. The number of Topliss-reactive ketones (excluding diaryl/α,β-unsaturated/α-hetero) is 1. The van der Waals surface area contributed by atoms with Crippen molar-refractivity contribution in [1.82, 2.24) is 0 Å². The first-order valence-electron chi connectivity index (χ1n) is 12.3. The highest BCUT2D eigenvalue weighted by molar-refractivity contribution is 6.30. The third kappa shape index (κ3) is 4.63. The number of quaternary nitrogens is 1. The number of fused-ring (bicyclic) bond motifs is 3. The standard InChI is InChI=1S/C27H29NO10.ClH/c1-11-23(31)16(28)7-20(37-11)38-18-9-27(35,19(30)10-29)8-15-13(18)6-14-22(26(15)34)24(32)12-4-3-5-17(36-2)21(12)25(14)33;/h3-6,11,16,18,20,23,29,31,34-35H,7-10,28H2,1-2H3;1H/t11-,16-,18-,20-,23+,27-;/m0./s1. The second-order valence-corrected chi connectivity index (χ2v) is 10.1. The van der Waals surface area contributed by atoms with E-state index in [1.165, 1.54) is 19.2 Å². The molecule has 1 aliphatic heterocycles. The smallest absolute Gasteiger partial charge is 0.198 e. The topological polar surface area (TPSA) is 187 Å². The van der Waals surface area contributed by atoms with Gasteiger partial charge in [0, 0.05) is 29.5 Å². The van der Waals surface area contributed by atoms with Crippen molar-refractivity contribution >= 4 is 17.3 Å². The zero-order valence-electron chi connectivity index (χ0n) is 21.3. The Kier molecular flexibility index (Phi) is 7.89. The molecule has 2 aromatic rings. The number of ketones is 3. The number of phenols is 1. The van der Waals surface area contributed by atoms with Gasteiger partial charge in [-0.3, -0.25) is 14.4 Å². The highest BCUT2D eigenvalue weighted by atomic mass is 35.5. The van der Waals surface area contributed by atoms with Crippen LogP contribution in [0.25, 0.3) is 0 Å². The second-order valence-electron chi connectivity index (χ2n) is 10.1. The van der Waals surface area contributed by atoms with Crippen molar-refractivity contribution in [2.24, 2.45) is 0 Å². The van der Waals surface area contributed by atoms with Gasteiger partial charge in [-0.25, -0.2) is 0 Å². The third-order valence-electron chi connectivity index (χ3n) is 7.77. The van der Waals surface area contributed by atoms with Crippen molar-refractivity contribution in [3.8, 4) is 11.5 Å². The van der Waals surface area contributed by atoms with E-state index in [2.05, 4.69) is 5.73 Å². The van der Waals surface area contributed by atoms with Crippen LogP contribution in [0.1, 0.15) is 68.8 Å². The van der Waals surface area contributed by atoms with Crippen molar-refractivity contribution in [2.45, 2.75) is 62.4 Å². The maximum Gasteiger partial charge on any atom is 0.198 e. The normalized spacial score (nSPS) is 29.5. The predicted octanol–water partition coefficient (Wildman–Crippen LogP) is -3.42. The van der Waals surface area contributed by atoms with E-state index in [1.807, 2.05) is 0 Å². The molecular weight excluding hydrogens is 534 g/mol. The average Bonchev–Trinajstić information content (AvgIpc) is 2.89. The van der Waals surface area contributed by atoms with Gasteiger partial charge in [0.15, 0.2) is 23.6 Å². The van der Waals surface area contributed by atoms with Gasteiger partial charge < -0.3 is 52.8 Å². The average molecular weight is 564 g/mol. The molecule has 2 aromatic carbocycles. The number of carbonyl (C=O) groups excluding carboxylic acids is 3. The van der Waals surface area contributed by atoms with Crippen molar-refractivity contribution in [1.29, 1.82) is 0 Å². The van der Waals surface area contributed by atoms with Gasteiger partial charge in [0.2, 0.25) is 0 Å². The van der Waals surface area contributed by atoms with Crippen LogP contribution in [-0.4, -0.2) is 81.6 Å². The van der Waals surface area contributed by atoms with Gasteiger partial charge in [-0.2, -0.15) is 0 Å². The summed E-state index contributed by atoms with van der Waals surface area (Å²) < 4.78 is 17.2. The molecule has 7 N–H and O–H groups in total. The number of methoxy groups -OCH3 is 1. The lowest BCUT2D eigenvalue weighted by molar-refractivity contribution is -0.466. The minimum atomic E-state index is -2.11. The summed E-state index contributed by atoms with van der Waals surface area (Å²) in [5, 5.41) is 42.3. The Hall–Kier alpha value is -2.90. The third-order valence-corrected chi connectivity index (χ3v) is 7.77. The van der Waals surface area contributed by atoms with Gasteiger partial charge in [-0.05, 0) is 24.6 Å². The Morgan fingerprint density at radius 3 is 2.54 bits per heavy atom. The van der Waals surface area contributed by atoms with Gasteiger partial charge in [-0.15, -0.1) is 0 Å². The molecule has 11 nitrogen and oxygen atoms in total. The molecule has 0 spiro atoms. The second kappa shape index (κ2) is 10.6. The van der Waals surface area contributed by atoms with Crippen LogP contribution in [0, 0.1) is 0 Å². The largest absolute Gasteiger partial charge is 1.00 e. The van der Waals surface area contributed by atoms with E-state index in [4.69, 9.17) is 14.2 Å². The van der Waals surface area contributed by atoms with E-state index in [0.717, 1.165) is 0 Å². The van der Waals surface area contributed by atoms with Gasteiger partial charge in [0.05, 0.1) is 36.9 Å². The molecule has 1 fully saturated rings. The zero-order valence-corrected chi connectivity index (χ0v) is 22.1. The Morgan fingerprint density at radius 1 is 1.21 bits per heavy atom. The van der Waals surface area contributed by atoms with E-state index in [1.54, 1.807) is 19.1 Å². The Balaban J connectivity index is 0.00000353. The van der Waals surface area contributed by atoms with Crippen LogP contribution in [-0.2, 0) is 20.7 Å². The Morgan fingerprint density at radius 2 is 1.90 bits per heavy atom. The minimum absolute atomic E-state index is 0. The van der Waals surface area contributed by atoms with E-state index in [0.29, 0.717) is 5.56 Å². The zero-order chi connectivity index (χ0) is 27.5. The van der Waals surface area contributed by atoms with Crippen molar-refractivity contribution in [3.05, 3.63) is 57.6 Å². The van der Waals surface area contributed by atoms with Crippen molar-refractivity contribution in [2.75, 3.05) is 13.7 Å². The summed E-state index contributed by atoms with van der Waals surface area (Å²) in [7, 11) is 1.38. The molecule has 2 aliphatic carbocycles. The van der Waals surface area contributed by atoms with Crippen LogP contribution in [0.5, 0.6) is 11.5 Å². The summed E-state index contributed by atoms with van der Waals surface area (Å²) in [6, 6.07) is 5.61. The summed E-state index contributed by atoms with van der Waals surface area (Å²) in [5.74, 6) is -2.34. The number of benzene rings is 2. The number of halogens is 1. The number of phenolic OH excluding ortho intramolecular Hbond substituents is 1. The van der Waals surface area contributed by atoms with Crippen LogP contribution >= 0.6 is 0 Å². The molecule has 0 unspecified atom stereocenters. The quantitative estimate of drug-likeness (QED) is 0.209. The maximum atomic E-state index is 13.6. The lowest BCUT2D eigenvalue weighted by atomic mass is 9.72. The SMILES string of the molecule is COc1cccc2c1C(=O)c1cc3c(c(O)c1C2=O)C[C@@](O)(C(=O)CO)C[C@@H]3O[C@H]1C[C@H]([NH3+])[C@H](O)[C@H](C)O1.[Cl-]. The summed E-state index contributed by atoms with van der Waals surface area (Å²) in [6.45, 7) is 0.717. The first-order chi connectivity index (χ1) is 18.0. The molecular formula is C27H30ClNO10. The fourth-order valence-electron chi connectivity index (χ4n) is 5.68. The minimum Gasteiger partial charge on any atom is -1.00 e. The van der Waals surface area contributed by atoms with E-state index < -0.39 is 72.4 Å². The molecule has 0 saturated carbocycles. The van der Waals surface area contributed by atoms with Crippen LogP contribution in [0.15, 0.2) is 24.3 Å². The van der Waals surface area contributed by atoms with E-state index in [9.17, 15) is 34.8 Å². The molecule has 0 bridgehead atoms. The number of aliphatic hydroxyl groups excluding tert-OH is 2. The number of hydrogen-bond donors (Lipinski definition) is 5. The lowest BCUT2D eigenvalue weighted by Gasteiger charge is -2.41. The van der Waals surface area contributed by atoms with Gasteiger partial charge in [-0.1, -0.05) is 12.1 Å². The van der Waals surface area contributed by atoms with Crippen LogP contribution < -0.4 is 22.9 Å². The number of carbonyl (C=O) groups is 3. The fourth-order valence-corrected chi connectivity index (χ4v) is 5.68. The summed E-state index contributed by atoms with van der Waals surface area (Å²) in [5.41, 5.74) is 2.04. The first kappa shape index (κ1) is 29.1. The van der Waals surface area contributed by atoms with E-state index >= 15 is 0 Å². The molecule has 39 heavy (non-hydrogen) atoms. The van der Waals surface area contributed by atoms with Gasteiger partial charge >= 0.3 is 0 Å². The molecule has 210 valence electrons. The predicted molar refractivity (Wildman–Crippen MR) is 129 cm³/mol. The van der Waals surface area contributed by atoms with E-state index in [-0.39, 0.29) is 58.8 Å². The fraction of sp³-hybridized carbons (Fsp3) is 0.444. The monoisotopic (exact) mass is 563 g/mol. The molecule has 0 amide bonds. The number of aromatic hydroxyl groups is 1. The summed E-state index contributed by atoms with van der Waals surface area (Å²) in [6.07, 6.45) is -3.82. The number of hydrogen-bond acceptors (Lipinski definition) is 10. The molecule has 3 aliphatic rings. The van der Waals surface area contributed by atoms with Gasteiger partial charge in [0.25, 0.3) is 0 Å². The van der Waals surface area contributed by atoms with Crippen molar-refractivity contribution in [3.63, 3.8) is 0 Å². The van der Waals surface area contributed by atoms with Crippen LogP contribution in [0.4, 0.5) is 0 Å². The molecule has 0 aromatic heterocycles. The molecule has 6 atom stereocenters. The maximum absolute atomic E-state index is 13.6. The van der Waals surface area contributed by atoms with Gasteiger partial charge in [0.1, 0.15) is 35.9 Å². The molecule has 0 radical (unpaired) electrons. The Labute approximate surface area is 229 Å². The number of ether oxygens (including phenoxy) is 3. The molecule has 1 heterocycles. The van der Waals surface area contributed by atoms with Crippen LogP contribution in [0.2, 0.25) is 0 Å². The lowest BCUT2D eigenvalue weighted by Crippen LogP contribution is -3.00. The first-order valence-corrected chi connectivity index (χ1v) is 12.3. The molecule has 12 heteroatoms. The molecule has 5 rings (SSSR count). The van der Waals surface area contributed by atoms with Crippen molar-refractivity contribution < 1.29 is 67.2 Å². The number of aliphatic hydroxyl groups is 3. The highest BCUT2D eigenvalue weighted by Gasteiger charge is 2.48. The van der Waals surface area contributed by atoms with Crippen LogP contribution in [0.3, 0.4) is 0 Å². The Bertz CT molecular complexity index is 1330. The highest BCUT2D eigenvalue weighted by Crippen LogP contribution is 2.48. The number of rotatable bonds is 5. The summed E-state index contributed by atoms with van der Waals surface area (Å²) in [4.78, 5) is 39.6.